The van der Waals surface area contributed by atoms with Crippen LogP contribution in [0, 0.1) is 0 Å². The molecule has 1 unspecified atom stereocenters. The predicted molar refractivity (Wildman–Crippen MR) is 61.0 cm³/mol. The maximum absolute atomic E-state index is 12.2. The Bertz CT molecular complexity index is 488. The fourth-order valence-electron chi connectivity index (χ4n) is 2.08. The first-order valence-corrected chi connectivity index (χ1v) is 5.62. The van der Waals surface area contributed by atoms with Crippen molar-refractivity contribution in [1.29, 1.82) is 0 Å². The molecule has 19 heavy (non-hydrogen) atoms. The molecule has 0 bridgehead atoms. The van der Waals surface area contributed by atoms with Crippen LogP contribution in [0.4, 0.5) is 18.9 Å². The molecule has 0 aromatic heterocycles. The van der Waals surface area contributed by atoms with Gasteiger partial charge < -0.3 is 14.8 Å². The predicted octanol–water partition coefficient (Wildman–Crippen LogP) is 2.66. The Morgan fingerprint density at radius 2 is 2.16 bits per heavy atom. The molecule has 0 aliphatic carbocycles. The van der Waals surface area contributed by atoms with E-state index in [0.717, 1.165) is 0 Å². The van der Waals surface area contributed by atoms with Crippen molar-refractivity contribution in [3.63, 3.8) is 0 Å². The lowest BCUT2D eigenvalue weighted by Crippen LogP contribution is -2.24. The number of esters is 1. The smallest absolute Gasteiger partial charge is 0.469 e. The number of anilines is 1. The highest BCUT2D eigenvalue weighted by Crippen LogP contribution is 2.36. The second-order valence-electron chi connectivity index (χ2n) is 4.09. The normalized spacial score (nSPS) is 18.2. The van der Waals surface area contributed by atoms with E-state index in [0.29, 0.717) is 24.2 Å². The van der Waals surface area contributed by atoms with E-state index in [1.54, 1.807) is 0 Å². The van der Waals surface area contributed by atoms with Crippen LogP contribution in [0.25, 0.3) is 0 Å². The summed E-state index contributed by atoms with van der Waals surface area (Å²) in [6.45, 7) is 0.562. The average Bonchev–Trinajstić information content (AvgIpc) is 2.35. The molecule has 2 rings (SSSR count). The zero-order valence-electron chi connectivity index (χ0n) is 10.1. The largest absolute Gasteiger partial charge is 0.573 e. The van der Waals surface area contributed by atoms with Gasteiger partial charge in [-0.25, -0.2) is 0 Å². The van der Waals surface area contributed by atoms with E-state index in [1.807, 2.05) is 0 Å². The van der Waals surface area contributed by atoms with E-state index in [4.69, 9.17) is 0 Å². The van der Waals surface area contributed by atoms with Crippen LogP contribution >= 0.6 is 0 Å². The molecule has 0 radical (unpaired) electrons. The lowest BCUT2D eigenvalue weighted by molar-refractivity contribution is -0.274. The van der Waals surface area contributed by atoms with Crippen molar-refractivity contribution in [2.75, 3.05) is 19.0 Å². The minimum Gasteiger partial charge on any atom is -0.469 e. The Morgan fingerprint density at radius 1 is 1.42 bits per heavy atom. The third kappa shape index (κ3) is 3.10. The third-order valence-electron chi connectivity index (χ3n) is 2.87. The van der Waals surface area contributed by atoms with E-state index >= 15 is 0 Å². The molecular formula is C12H12F3NO3. The Balaban J connectivity index is 2.32. The monoisotopic (exact) mass is 275 g/mol. The molecule has 0 amide bonds. The molecular weight excluding hydrogens is 263 g/mol. The van der Waals surface area contributed by atoms with Crippen LogP contribution in [0.1, 0.15) is 17.9 Å². The van der Waals surface area contributed by atoms with Crippen molar-refractivity contribution in [3.8, 4) is 5.75 Å². The van der Waals surface area contributed by atoms with Gasteiger partial charge in [0.25, 0.3) is 0 Å². The van der Waals surface area contributed by atoms with E-state index in [2.05, 4.69) is 14.8 Å². The third-order valence-corrected chi connectivity index (χ3v) is 2.87. The van der Waals surface area contributed by atoms with Gasteiger partial charge >= 0.3 is 12.3 Å². The molecule has 1 aliphatic rings. The lowest BCUT2D eigenvalue weighted by atomic mass is 9.91. The number of carbonyl (C=O) groups is 1. The number of alkyl halides is 3. The van der Waals surface area contributed by atoms with E-state index in [1.165, 1.54) is 25.3 Å². The number of hydrogen-bond acceptors (Lipinski definition) is 4. The van der Waals surface area contributed by atoms with Crippen LogP contribution < -0.4 is 10.1 Å². The number of nitrogens with one attached hydrogen (secondary N) is 1. The van der Waals surface area contributed by atoms with Crippen molar-refractivity contribution in [2.45, 2.75) is 18.7 Å². The van der Waals surface area contributed by atoms with E-state index < -0.39 is 18.2 Å². The summed E-state index contributed by atoms with van der Waals surface area (Å²) in [4.78, 5) is 11.6. The molecule has 1 heterocycles. The molecule has 1 aromatic rings. The minimum atomic E-state index is -4.75. The summed E-state index contributed by atoms with van der Waals surface area (Å²) in [6, 6.07) is 3.89. The Labute approximate surface area is 107 Å². The number of ether oxygens (including phenoxy) is 2. The number of benzene rings is 1. The van der Waals surface area contributed by atoms with E-state index in [9.17, 15) is 18.0 Å². The zero-order chi connectivity index (χ0) is 14.0. The van der Waals surface area contributed by atoms with Gasteiger partial charge in [-0.05, 0) is 30.2 Å². The molecule has 0 spiro atoms. The van der Waals surface area contributed by atoms with Gasteiger partial charge in [0.1, 0.15) is 5.75 Å². The quantitative estimate of drug-likeness (QED) is 0.843. The molecule has 1 atom stereocenters. The number of rotatable bonds is 2. The van der Waals surface area contributed by atoms with Gasteiger partial charge in [-0.2, -0.15) is 0 Å². The highest BCUT2D eigenvalue weighted by Gasteiger charge is 2.33. The van der Waals surface area contributed by atoms with Gasteiger partial charge in [0, 0.05) is 12.2 Å². The zero-order valence-corrected chi connectivity index (χ0v) is 10.1. The van der Waals surface area contributed by atoms with Crippen LogP contribution in [0.15, 0.2) is 18.2 Å². The van der Waals surface area contributed by atoms with Gasteiger partial charge in [-0.3, -0.25) is 4.79 Å². The van der Waals surface area contributed by atoms with Gasteiger partial charge in [0.2, 0.25) is 0 Å². The summed E-state index contributed by atoms with van der Waals surface area (Å²) in [6.07, 6.45) is -4.29. The lowest BCUT2D eigenvalue weighted by Gasteiger charge is -2.25. The topological polar surface area (TPSA) is 47.6 Å². The fraction of sp³-hybridized carbons (Fsp3) is 0.417. The molecule has 0 saturated heterocycles. The maximum Gasteiger partial charge on any atom is 0.573 e. The van der Waals surface area contributed by atoms with Crippen LogP contribution in [0.5, 0.6) is 5.75 Å². The summed E-state index contributed by atoms with van der Waals surface area (Å²) >= 11 is 0. The van der Waals surface area contributed by atoms with Crippen molar-refractivity contribution >= 4 is 11.7 Å². The summed E-state index contributed by atoms with van der Waals surface area (Å²) in [5, 5.41) is 3.02. The minimum absolute atomic E-state index is 0.344. The van der Waals surface area contributed by atoms with E-state index in [-0.39, 0.29) is 5.75 Å². The van der Waals surface area contributed by atoms with Gasteiger partial charge in [0.15, 0.2) is 0 Å². The molecule has 1 N–H and O–H groups in total. The van der Waals surface area contributed by atoms with Gasteiger partial charge in [-0.1, -0.05) is 0 Å². The number of methoxy groups -OCH3 is 1. The summed E-state index contributed by atoms with van der Waals surface area (Å²) in [5.74, 6) is -1.38. The second kappa shape index (κ2) is 4.99. The van der Waals surface area contributed by atoms with Crippen LogP contribution in [-0.2, 0) is 9.53 Å². The first kappa shape index (κ1) is 13.5. The van der Waals surface area contributed by atoms with Crippen LogP contribution in [0.2, 0.25) is 0 Å². The van der Waals surface area contributed by atoms with Crippen LogP contribution in [0.3, 0.4) is 0 Å². The molecule has 4 nitrogen and oxygen atoms in total. The summed E-state index contributed by atoms with van der Waals surface area (Å²) in [7, 11) is 1.25. The van der Waals surface area contributed by atoms with Gasteiger partial charge in [0.05, 0.1) is 13.0 Å². The number of carbonyl (C=O) groups excluding carboxylic acids is 1. The first-order chi connectivity index (χ1) is 8.90. The SMILES string of the molecule is COC(=O)C1CCNc2ccc(OC(F)(F)F)cc21. The fourth-order valence-corrected chi connectivity index (χ4v) is 2.08. The van der Waals surface area contributed by atoms with Crippen molar-refractivity contribution < 1.29 is 27.4 Å². The highest BCUT2D eigenvalue weighted by atomic mass is 19.4. The average molecular weight is 275 g/mol. The Kier molecular flexibility index (Phi) is 3.55. The molecule has 104 valence electrons. The second-order valence-corrected chi connectivity index (χ2v) is 4.09. The molecule has 7 heteroatoms. The molecule has 0 saturated carbocycles. The summed E-state index contributed by atoms with van der Waals surface area (Å²) < 4.78 is 45.0. The summed E-state index contributed by atoms with van der Waals surface area (Å²) in [5.41, 5.74) is 1.08. The van der Waals surface area contributed by atoms with Crippen molar-refractivity contribution in [2.24, 2.45) is 0 Å². The van der Waals surface area contributed by atoms with Gasteiger partial charge in [-0.15, -0.1) is 13.2 Å². The maximum atomic E-state index is 12.2. The van der Waals surface area contributed by atoms with Crippen molar-refractivity contribution in [1.82, 2.24) is 0 Å². The molecule has 0 fully saturated rings. The molecule has 1 aromatic carbocycles. The highest BCUT2D eigenvalue weighted by molar-refractivity contribution is 5.82. The van der Waals surface area contributed by atoms with Crippen molar-refractivity contribution in [3.05, 3.63) is 23.8 Å². The number of hydrogen-bond donors (Lipinski definition) is 1. The van der Waals surface area contributed by atoms with Crippen LogP contribution in [-0.4, -0.2) is 26.0 Å². The Morgan fingerprint density at radius 3 is 2.79 bits per heavy atom. The number of fused-ring (bicyclic) bond motifs is 1. The molecule has 1 aliphatic heterocycles. The first-order valence-electron chi connectivity index (χ1n) is 5.62. The number of halogens is 3. The Hall–Kier alpha value is -1.92. The standard InChI is InChI=1S/C12H12F3NO3/c1-18-11(17)8-4-5-16-10-3-2-7(6-9(8)10)19-12(13,14)15/h2-3,6,8,16H,4-5H2,1H3.